The smallest absolute Gasteiger partial charge is 0.198 e. The van der Waals surface area contributed by atoms with Gasteiger partial charge >= 0.3 is 0 Å². The van der Waals surface area contributed by atoms with Crippen molar-refractivity contribution in [3.63, 3.8) is 0 Å². The number of aryl methyl sites for hydroxylation is 1. The molecule has 0 aliphatic heterocycles. The zero-order valence-electron chi connectivity index (χ0n) is 12.5. The molecule has 0 fully saturated rings. The van der Waals surface area contributed by atoms with E-state index >= 15 is 0 Å². The lowest BCUT2D eigenvalue weighted by Gasteiger charge is -2.16. The van der Waals surface area contributed by atoms with Crippen LogP contribution in [0.2, 0.25) is 0 Å². The number of ketones is 1. The van der Waals surface area contributed by atoms with E-state index in [4.69, 9.17) is 4.74 Å². The van der Waals surface area contributed by atoms with Gasteiger partial charge in [0.05, 0.1) is 12.7 Å². The average molecular weight is 365 g/mol. The summed E-state index contributed by atoms with van der Waals surface area (Å²) in [6, 6.07) is 9.64. The first-order valence-corrected chi connectivity index (χ1v) is 8.54. The molecule has 2 aromatic rings. The lowest BCUT2D eigenvalue weighted by molar-refractivity contribution is 0.103. The summed E-state index contributed by atoms with van der Waals surface area (Å²) in [5.41, 5.74) is 3.19. The van der Waals surface area contributed by atoms with Crippen LogP contribution >= 0.6 is 27.7 Å². The number of ether oxygens (including phenoxy) is 1. The van der Waals surface area contributed by atoms with Crippen molar-refractivity contribution in [3.8, 4) is 5.75 Å². The van der Waals surface area contributed by atoms with Gasteiger partial charge in [-0.05, 0) is 49.4 Å². The van der Waals surface area contributed by atoms with Crippen molar-refractivity contribution in [2.24, 2.45) is 0 Å². The van der Waals surface area contributed by atoms with Crippen molar-refractivity contribution in [1.29, 1.82) is 0 Å². The van der Waals surface area contributed by atoms with Crippen LogP contribution in [0.15, 0.2) is 39.7 Å². The molecule has 2 nitrogen and oxygen atoms in total. The summed E-state index contributed by atoms with van der Waals surface area (Å²) in [4.78, 5) is 14.0. The SMILES string of the molecule is COc1c(C)cc(Br)c(C)c1C(=O)c1ccccc1SC. The molecule has 2 rings (SSSR count). The third-order valence-corrected chi connectivity index (χ3v) is 5.06. The molecule has 0 saturated heterocycles. The van der Waals surface area contributed by atoms with Gasteiger partial charge in [-0.1, -0.05) is 28.1 Å². The maximum absolute atomic E-state index is 13.0. The van der Waals surface area contributed by atoms with E-state index < -0.39 is 0 Å². The van der Waals surface area contributed by atoms with E-state index in [1.54, 1.807) is 18.9 Å². The van der Waals surface area contributed by atoms with Crippen LogP contribution in [0.4, 0.5) is 0 Å². The van der Waals surface area contributed by atoms with Gasteiger partial charge in [0, 0.05) is 14.9 Å². The molecule has 0 aromatic heterocycles. The van der Waals surface area contributed by atoms with E-state index in [9.17, 15) is 4.79 Å². The maximum atomic E-state index is 13.0. The molecule has 0 heterocycles. The van der Waals surface area contributed by atoms with Crippen molar-refractivity contribution in [2.75, 3.05) is 13.4 Å². The van der Waals surface area contributed by atoms with Crippen molar-refractivity contribution in [3.05, 3.63) is 57.1 Å². The van der Waals surface area contributed by atoms with Crippen LogP contribution in [-0.4, -0.2) is 19.1 Å². The van der Waals surface area contributed by atoms with Gasteiger partial charge < -0.3 is 4.74 Å². The van der Waals surface area contributed by atoms with Gasteiger partial charge in [-0.2, -0.15) is 0 Å². The number of methoxy groups -OCH3 is 1. The topological polar surface area (TPSA) is 26.3 Å². The molecule has 21 heavy (non-hydrogen) atoms. The Bertz CT molecular complexity index is 695. The van der Waals surface area contributed by atoms with Crippen LogP contribution < -0.4 is 4.74 Å². The number of benzene rings is 2. The van der Waals surface area contributed by atoms with E-state index in [1.165, 1.54) is 0 Å². The summed E-state index contributed by atoms with van der Waals surface area (Å²) in [5, 5.41) is 0. The fourth-order valence-electron chi connectivity index (χ4n) is 2.35. The third-order valence-electron chi connectivity index (χ3n) is 3.44. The minimum Gasteiger partial charge on any atom is -0.496 e. The van der Waals surface area contributed by atoms with Gasteiger partial charge in [0.1, 0.15) is 5.75 Å². The van der Waals surface area contributed by atoms with E-state index in [1.807, 2.05) is 50.4 Å². The number of hydrogen-bond acceptors (Lipinski definition) is 3. The first-order valence-electron chi connectivity index (χ1n) is 6.52. The summed E-state index contributed by atoms with van der Waals surface area (Å²) in [6.45, 7) is 3.88. The van der Waals surface area contributed by atoms with Gasteiger partial charge in [0.25, 0.3) is 0 Å². The van der Waals surface area contributed by atoms with E-state index in [0.29, 0.717) is 16.9 Å². The van der Waals surface area contributed by atoms with E-state index in [2.05, 4.69) is 15.9 Å². The Morgan fingerprint density at radius 2 is 1.90 bits per heavy atom. The highest BCUT2D eigenvalue weighted by Crippen LogP contribution is 2.35. The molecule has 0 saturated carbocycles. The molecule has 0 unspecified atom stereocenters. The van der Waals surface area contributed by atoms with Gasteiger partial charge in [0.2, 0.25) is 0 Å². The second-order valence-electron chi connectivity index (χ2n) is 4.74. The Kier molecular flexibility index (Phi) is 5.12. The number of hydrogen-bond donors (Lipinski definition) is 0. The Balaban J connectivity index is 2.69. The van der Waals surface area contributed by atoms with Crippen LogP contribution in [0.1, 0.15) is 27.0 Å². The van der Waals surface area contributed by atoms with Crippen molar-refractivity contribution >= 4 is 33.5 Å². The molecule has 0 aliphatic rings. The quantitative estimate of drug-likeness (QED) is 0.562. The molecule has 0 aliphatic carbocycles. The zero-order valence-corrected chi connectivity index (χ0v) is 14.9. The Morgan fingerprint density at radius 1 is 1.24 bits per heavy atom. The van der Waals surface area contributed by atoms with Crippen LogP contribution in [0, 0.1) is 13.8 Å². The standard InChI is InChI=1S/C17H17BrO2S/c1-10-9-13(18)11(2)15(17(10)20-3)16(19)12-7-5-6-8-14(12)21-4/h5-9H,1-4H3. The Hall–Kier alpha value is -1.26. The molecule has 0 radical (unpaired) electrons. The summed E-state index contributed by atoms with van der Waals surface area (Å²) in [7, 11) is 1.60. The van der Waals surface area contributed by atoms with Crippen molar-refractivity contribution in [2.45, 2.75) is 18.7 Å². The molecule has 0 N–H and O–H groups in total. The van der Waals surface area contributed by atoms with Crippen molar-refractivity contribution < 1.29 is 9.53 Å². The third kappa shape index (κ3) is 3.01. The van der Waals surface area contributed by atoms with Gasteiger partial charge in [-0.15, -0.1) is 11.8 Å². The first kappa shape index (κ1) is 16.1. The summed E-state index contributed by atoms with van der Waals surface area (Å²) in [6.07, 6.45) is 1.97. The number of thioether (sulfide) groups is 1. The molecular weight excluding hydrogens is 348 g/mol. The monoisotopic (exact) mass is 364 g/mol. The molecule has 0 amide bonds. The summed E-state index contributed by atoms with van der Waals surface area (Å²) in [5.74, 6) is 0.648. The maximum Gasteiger partial charge on any atom is 0.198 e. The summed E-state index contributed by atoms with van der Waals surface area (Å²) >= 11 is 5.10. The summed E-state index contributed by atoms with van der Waals surface area (Å²) < 4.78 is 6.40. The minimum absolute atomic E-state index is 0.00120. The first-order chi connectivity index (χ1) is 10.0. The van der Waals surface area contributed by atoms with Gasteiger partial charge in [-0.3, -0.25) is 4.79 Å². The number of carbonyl (C=O) groups excluding carboxylic acids is 1. The normalized spacial score (nSPS) is 10.5. The molecule has 0 spiro atoms. The molecule has 0 bridgehead atoms. The molecule has 0 atom stereocenters. The Morgan fingerprint density at radius 3 is 2.52 bits per heavy atom. The number of rotatable bonds is 4. The van der Waals surface area contributed by atoms with Crippen molar-refractivity contribution in [1.82, 2.24) is 0 Å². The highest BCUT2D eigenvalue weighted by Gasteiger charge is 2.22. The van der Waals surface area contributed by atoms with E-state index in [0.717, 1.165) is 20.5 Å². The Labute approximate surface area is 138 Å². The van der Waals surface area contributed by atoms with Crippen LogP contribution in [-0.2, 0) is 0 Å². The highest BCUT2D eigenvalue weighted by molar-refractivity contribution is 9.10. The molecule has 4 heteroatoms. The molecule has 110 valence electrons. The predicted molar refractivity (Wildman–Crippen MR) is 91.8 cm³/mol. The van der Waals surface area contributed by atoms with Gasteiger partial charge in [0.15, 0.2) is 5.78 Å². The van der Waals surface area contributed by atoms with Gasteiger partial charge in [-0.25, -0.2) is 0 Å². The second-order valence-corrected chi connectivity index (χ2v) is 6.44. The lowest BCUT2D eigenvalue weighted by atomic mass is 9.96. The zero-order chi connectivity index (χ0) is 15.6. The second kappa shape index (κ2) is 6.67. The molecule has 2 aromatic carbocycles. The number of halogens is 1. The number of carbonyl (C=O) groups is 1. The predicted octanol–water partition coefficient (Wildman–Crippen LogP) is 5.03. The van der Waals surface area contributed by atoms with Crippen LogP contribution in [0.3, 0.4) is 0 Å². The van der Waals surface area contributed by atoms with E-state index in [-0.39, 0.29) is 5.78 Å². The largest absolute Gasteiger partial charge is 0.496 e. The fraction of sp³-hybridized carbons (Fsp3) is 0.235. The highest BCUT2D eigenvalue weighted by atomic mass is 79.9. The van der Waals surface area contributed by atoms with Crippen LogP contribution in [0.25, 0.3) is 0 Å². The fourth-order valence-corrected chi connectivity index (χ4v) is 3.49. The molecular formula is C17H17BrO2S. The minimum atomic E-state index is -0.00120. The average Bonchev–Trinajstić information content (AvgIpc) is 2.49. The van der Waals surface area contributed by atoms with Crippen LogP contribution in [0.5, 0.6) is 5.75 Å². The lowest BCUT2D eigenvalue weighted by Crippen LogP contribution is -2.09.